The summed E-state index contributed by atoms with van der Waals surface area (Å²) in [5.74, 6) is 1.29. The molecule has 0 bridgehead atoms. The van der Waals surface area contributed by atoms with Gasteiger partial charge in [0, 0.05) is 29.9 Å². The monoisotopic (exact) mass is 377 g/mol. The lowest BCUT2D eigenvalue weighted by Gasteiger charge is -2.18. The smallest absolute Gasteiger partial charge is 0.226 e. The number of ether oxygens (including phenoxy) is 1. The molecule has 6 heteroatoms. The van der Waals surface area contributed by atoms with Crippen LogP contribution in [0.15, 0.2) is 24.3 Å². The van der Waals surface area contributed by atoms with Crippen LogP contribution in [0, 0.1) is 19.8 Å². The number of carbonyl (C=O) groups excluding carboxylic acids is 1. The summed E-state index contributed by atoms with van der Waals surface area (Å²) in [5.41, 5.74) is 3.03. The van der Waals surface area contributed by atoms with Gasteiger partial charge in [-0.1, -0.05) is 31.5 Å². The molecule has 2 rings (SSSR count). The normalized spacial score (nSPS) is 11.0. The summed E-state index contributed by atoms with van der Waals surface area (Å²) in [5, 5.41) is 5.22. The number of benzene rings is 1. The molecule has 1 aromatic heterocycles. The molecule has 0 aliphatic heterocycles. The molecule has 5 nitrogen and oxygen atoms in total. The van der Waals surface area contributed by atoms with Crippen LogP contribution < -0.4 is 4.74 Å². The maximum Gasteiger partial charge on any atom is 0.226 e. The van der Waals surface area contributed by atoms with E-state index in [1.54, 1.807) is 24.1 Å². The fourth-order valence-corrected chi connectivity index (χ4v) is 2.96. The summed E-state index contributed by atoms with van der Waals surface area (Å²) in [6, 6.07) is 7.25. The summed E-state index contributed by atoms with van der Waals surface area (Å²) in [6.07, 6.45) is 0.365. The predicted molar refractivity (Wildman–Crippen MR) is 105 cm³/mol. The van der Waals surface area contributed by atoms with Crippen molar-refractivity contribution in [3.63, 3.8) is 0 Å². The molecular formula is C20H28ClN3O2. The topological polar surface area (TPSA) is 47.4 Å². The number of hydrogen-bond acceptors (Lipinski definition) is 3. The van der Waals surface area contributed by atoms with Crippen molar-refractivity contribution >= 4 is 17.5 Å². The zero-order valence-corrected chi connectivity index (χ0v) is 17.0. The van der Waals surface area contributed by atoms with Crippen molar-refractivity contribution in [2.45, 2.75) is 40.7 Å². The van der Waals surface area contributed by atoms with Gasteiger partial charge in [-0.25, -0.2) is 0 Å². The number of nitrogens with zero attached hydrogens (tertiary/aromatic N) is 3. The molecule has 0 unspecified atom stereocenters. The number of carbonyl (C=O) groups is 1. The Morgan fingerprint density at radius 1 is 1.35 bits per heavy atom. The quantitative estimate of drug-likeness (QED) is 0.701. The maximum absolute atomic E-state index is 12.6. The molecule has 1 heterocycles. The molecule has 0 saturated heterocycles. The number of rotatable bonds is 8. The molecule has 0 N–H and O–H groups in total. The van der Waals surface area contributed by atoms with Crippen LogP contribution in [0.4, 0.5) is 0 Å². The van der Waals surface area contributed by atoms with E-state index < -0.39 is 0 Å². The van der Waals surface area contributed by atoms with Gasteiger partial charge in [-0.05, 0) is 38.0 Å². The predicted octanol–water partition coefficient (Wildman–Crippen LogP) is 3.89. The van der Waals surface area contributed by atoms with Crippen molar-refractivity contribution in [3.8, 4) is 5.75 Å². The van der Waals surface area contributed by atoms with Gasteiger partial charge in [-0.2, -0.15) is 5.10 Å². The highest BCUT2D eigenvalue weighted by Crippen LogP contribution is 2.18. The molecule has 26 heavy (non-hydrogen) atoms. The van der Waals surface area contributed by atoms with Gasteiger partial charge < -0.3 is 9.64 Å². The van der Waals surface area contributed by atoms with Crippen molar-refractivity contribution in [3.05, 3.63) is 46.2 Å². The van der Waals surface area contributed by atoms with Crippen LogP contribution in [0.5, 0.6) is 5.75 Å². The first-order chi connectivity index (χ1) is 12.3. The molecule has 0 fully saturated rings. The standard InChI is InChI=1S/C20H28ClN3O2/c1-14(2)13-24-16(4)19(15(3)22-24)12-20(25)23(5)9-10-26-18-8-6-7-17(21)11-18/h6-8,11,14H,9-10,12-13H2,1-5H3. The van der Waals surface area contributed by atoms with Crippen molar-refractivity contribution in [2.75, 3.05) is 20.2 Å². The Morgan fingerprint density at radius 2 is 2.08 bits per heavy atom. The van der Waals surface area contributed by atoms with Gasteiger partial charge in [0.25, 0.3) is 0 Å². The molecule has 0 aliphatic rings. The fraction of sp³-hybridized carbons (Fsp3) is 0.500. The zero-order valence-electron chi connectivity index (χ0n) is 16.3. The molecule has 0 saturated carbocycles. The van der Waals surface area contributed by atoms with Crippen LogP contribution in [-0.4, -0.2) is 40.8 Å². The molecule has 142 valence electrons. The van der Waals surface area contributed by atoms with Crippen LogP contribution in [-0.2, 0) is 17.8 Å². The van der Waals surface area contributed by atoms with Crippen LogP contribution >= 0.6 is 11.6 Å². The largest absolute Gasteiger partial charge is 0.492 e. The third-order valence-corrected chi connectivity index (χ3v) is 4.55. The zero-order chi connectivity index (χ0) is 19.3. The number of hydrogen-bond donors (Lipinski definition) is 0. The number of aryl methyl sites for hydroxylation is 1. The van der Waals surface area contributed by atoms with Crippen LogP contribution in [0.25, 0.3) is 0 Å². The molecular weight excluding hydrogens is 350 g/mol. The summed E-state index contributed by atoms with van der Waals surface area (Å²) >= 11 is 5.94. The van der Waals surface area contributed by atoms with Crippen LogP contribution in [0.3, 0.4) is 0 Å². The molecule has 0 spiro atoms. The fourth-order valence-electron chi connectivity index (χ4n) is 2.78. The SMILES string of the molecule is Cc1nn(CC(C)C)c(C)c1CC(=O)N(C)CCOc1cccc(Cl)c1. The third kappa shape index (κ3) is 5.49. The molecule has 1 aromatic carbocycles. The first kappa shape index (κ1) is 20.3. The van der Waals surface area contributed by atoms with E-state index in [1.165, 1.54) is 0 Å². The van der Waals surface area contributed by atoms with Crippen molar-refractivity contribution in [1.82, 2.24) is 14.7 Å². The number of aromatic nitrogens is 2. The van der Waals surface area contributed by atoms with Crippen molar-refractivity contribution in [2.24, 2.45) is 5.92 Å². The van der Waals surface area contributed by atoms with Crippen LogP contribution in [0.2, 0.25) is 5.02 Å². The summed E-state index contributed by atoms with van der Waals surface area (Å²) in [6.45, 7) is 10.1. The van der Waals surface area contributed by atoms with E-state index in [0.717, 1.165) is 23.5 Å². The minimum atomic E-state index is 0.0648. The van der Waals surface area contributed by atoms with Crippen LogP contribution in [0.1, 0.15) is 30.8 Å². The Morgan fingerprint density at radius 3 is 2.73 bits per heavy atom. The lowest BCUT2D eigenvalue weighted by atomic mass is 10.1. The summed E-state index contributed by atoms with van der Waals surface area (Å²) in [7, 11) is 1.80. The number of halogens is 1. The van der Waals surface area contributed by atoms with Gasteiger partial charge in [0.1, 0.15) is 12.4 Å². The van der Waals surface area contributed by atoms with Crippen molar-refractivity contribution in [1.29, 1.82) is 0 Å². The van der Waals surface area contributed by atoms with E-state index in [-0.39, 0.29) is 5.91 Å². The Bertz CT molecular complexity index is 756. The van der Waals surface area contributed by atoms with E-state index in [4.69, 9.17) is 16.3 Å². The molecule has 0 aliphatic carbocycles. The Kier molecular flexibility index (Phi) is 7.09. The Balaban J connectivity index is 1.89. The highest BCUT2D eigenvalue weighted by molar-refractivity contribution is 6.30. The molecule has 1 amide bonds. The van der Waals surface area contributed by atoms with Gasteiger partial charge in [-0.15, -0.1) is 0 Å². The first-order valence-electron chi connectivity index (χ1n) is 8.93. The van der Waals surface area contributed by atoms with E-state index in [1.807, 2.05) is 30.7 Å². The van der Waals surface area contributed by atoms with E-state index >= 15 is 0 Å². The van der Waals surface area contributed by atoms with Gasteiger partial charge in [0.2, 0.25) is 5.91 Å². The van der Waals surface area contributed by atoms with E-state index in [2.05, 4.69) is 18.9 Å². The molecule has 0 atom stereocenters. The second kappa shape index (κ2) is 9.08. The lowest BCUT2D eigenvalue weighted by molar-refractivity contribution is -0.129. The summed E-state index contributed by atoms with van der Waals surface area (Å²) in [4.78, 5) is 14.3. The average Bonchev–Trinajstić information content (AvgIpc) is 2.81. The molecule has 0 radical (unpaired) electrons. The summed E-state index contributed by atoms with van der Waals surface area (Å²) < 4.78 is 7.66. The number of likely N-dealkylation sites (N-methyl/N-ethyl adjacent to an activating group) is 1. The minimum Gasteiger partial charge on any atom is -0.492 e. The first-order valence-corrected chi connectivity index (χ1v) is 9.31. The maximum atomic E-state index is 12.6. The van der Waals surface area contributed by atoms with Gasteiger partial charge in [0.05, 0.1) is 18.7 Å². The van der Waals surface area contributed by atoms with E-state index in [9.17, 15) is 4.79 Å². The van der Waals surface area contributed by atoms with E-state index in [0.29, 0.717) is 36.3 Å². The van der Waals surface area contributed by atoms with Gasteiger partial charge >= 0.3 is 0 Å². The lowest BCUT2D eigenvalue weighted by Crippen LogP contribution is -2.32. The highest BCUT2D eigenvalue weighted by atomic mass is 35.5. The highest BCUT2D eigenvalue weighted by Gasteiger charge is 2.17. The van der Waals surface area contributed by atoms with Crippen molar-refractivity contribution < 1.29 is 9.53 Å². The average molecular weight is 378 g/mol. The Hall–Kier alpha value is -2.01. The molecule has 2 aromatic rings. The minimum absolute atomic E-state index is 0.0648. The van der Waals surface area contributed by atoms with Gasteiger partial charge in [0.15, 0.2) is 0 Å². The third-order valence-electron chi connectivity index (χ3n) is 4.31. The second-order valence-corrected chi connectivity index (χ2v) is 7.46. The Labute approximate surface area is 160 Å². The number of amides is 1. The second-order valence-electron chi connectivity index (χ2n) is 7.02. The van der Waals surface area contributed by atoms with Gasteiger partial charge in [-0.3, -0.25) is 9.48 Å².